The minimum Gasteiger partial charge on any atom is -0.349 e. The van der Waals surface area contributed by atoms with Gasteiger partial charge in [0.05, 0.1) is 0 Å². The average Bonchev–Trinajstić information content (AvgIpc) is 2.72. The smallest absolute Gasteiger partial charge is 0.251 e. The van der Waals surface area contributed by atoms with Crippen molar-refractivity contribution in [3.8, 4) is 0 Å². The topological polar surface area (TPSA) is 29.1 Å². The minimum absolute atomic E-state index is 0.0243. The Kier molecular flexibility index (Phi) is 3.13. The molecule has 3 heteroatoms. The van der Waals surface area contributed by atoms with E-state index in [4.69, 9.17) is 11.6 Å². The summed E-state index contributed by atoms with van der Waals surface area (Å²) in [5, 5.41) is 3.92. The van der Waals surface area contributed by atoms with Gasteiger partial charge in [0.25, 0.3) is 5.91 Å². The molecule has 0 unspecified atom stereocenters. The summed E-state index contributed by atoms with van der Waals surface area (Å²) in [6, 6.07) is 7.40. The molecule has 2 fully saturated rings. The van der Waals surface area contributed by atoms with Crippen LogP contribution in [0.5, 0.6) is 0 Å². The molecule has 3 rings (SSSR count). The maximum Gasteiger partial charge on any atom is 0.251 e. The van der Waals surface area contributed by atoms with Crippen LogP contribution in [0.25, 0.3) is 0 Å². The lowest BCUT2D eigenvalue weighted by molar-refractivity contribution is 0.0826. The van der Waals surface area contributed by atoms with Crippen LogP contribution in [0, 0.1) is 16.7 Å². The molecule has 1 amide bonds. The number of carbonyl (C=O) groups is 1. The van der Waals surface area contributed by atoms with Crippen LogP contribution < -0.4 is 5.32 Å². The summed E-state index contributed by atoms with van der Waals surface area (Å²) in [4.78, 5) is 12.4. The van der Waals surface area contributed by atoms with Gasteiger partial charge in [0.2, 0.25) is 0 Å². The number of amides is 1. The van der Waals surface area contributed by atoms with Crippen LogP contribution >= 0.6 is 11.6 Å². The SMILES string of the molecule is CC1(C)[C@@H]2CC[C@@]1(C)[C@H](NC(=O)c1ccc(Cl)cc1)C2. The molecule has 3 atom stereocenters. The molecular weight excluding hydrogens is 270 g/mol. The Labute approximate surface area is 125 Å². The average molecular weight is 292 g/mol. The standard InChI is InChI=1S/C17H22ClNO/c1-16(2)12-8-9-17(16,3)14(10-12)19-15(20)11-4-6-13(18)7-5-11/h4-7,12,14H,8-10H2,1-3H3,(H,19,20)/t12-,14-,17+/m1/s1. The monoisotopic (exact) mass is 291 g/mol. The predicted octanol–water partition coefficient (Wildman–Crippen LogP) is 4.28. The van der Waals surface area contributed by atoms with E-state index in [0.29, 0.717) is 22.0 Å². The first kappa shape index (κ1) is 13.9. The molecule has 0 spiro atoms. The summed E-state index contributed by atoms with van der Waals surface area (Å²) in [5.74, 6) is 0.763. The Morgan fingerprint density at radius 2 is 1.90 bits per heavy atom. The lowest BCUT2D eigenvalue weighted by atomic mass is 9.69. The van der Waals surface area contributed by atoms with Gasteiger partial charge in [0, 0.05) is 16.6 Å². The third-order valence-corrected chi connectivity index (χ3v) is 6.46. The summed E-state index contributed by atoms with van der Waals surface area (Å²) in [5.41, 5.74) is 1.24. The van der Waals surface area contributed by atoms with Gasteiger partial charge in [0.15, 0.2) is 0 Å². The molecule has 2 saturated carbocycles. The van der Waals surface area contributed by atoms with Crippen LogP contribution in [-0.2, 0) is 0 Å². The van der Waals surface area contributed by atoms with Gasteiger partial charge in [-0.3, -0.25) is 4.79 Å². The summed E-state index contributed by atoms with van der Waals surface area (Å²) < 4.78 is 0. The van der Waals surface area contributed by atoms with Gasteiger partial charge in [-0.15, -0.1) is 0 Å². The highest BCUT2D eigenvalue weighted by atomic mass is 35.5. The molecule has 2 nitrogen and oxygen atoms in total. The lowest BCUT2D eigenvalue weighted by Crippen LogP contribution is -2.46. The van der Waals surface area contributed by atoms with Gasteiger partial charge in [-0.1, -0.05) is 32.4 Å². The van der Waals surface area contributed by atoms with Gasteiger partial charge in [-0.2, -0.15) is 0 Å². The van der Waals surface area contributed by atoms with E-state index in [0.717, 1.165) is 12.3 Å². The predicted molar refractivity (Wildman–Crippen MR) is 81.9 cm³/mol. The number of carbonyl (C=O) groups excluding carboxylic acids is 1. The highest BCUT2D eigenvalue weighted by molar-refractivity contribution is 6.30. The Balaban J connectivity index is 1.76. The second kappa shape index (κ2) is 4.49. The van der Waals surface area contributed by atoms with E-state index in [1.54, 1.807) is 24.3 Å². The number of benzene rings is 1. The molecule has 0 heterocycles. The van der Waals surface area contributed by atoms with Crippen molar-refractivity contribution in [1.29, 1.82) is 0 Å². The quantitative estimate of drug-likeness (QED) is 0.865. The molecule has 0 aliphatic heterocycles. The van der Waals surface area contributed by atoms with Crippen LogP contribution in [-0.4, -0.2) is 11.9 Å². The van der Waals surface area contributed by atoms with E-state index in [9.17, 15) is 4.79 Å². The van der Waals surface area contributed by atoms with Gasteiger partial charge in [0.1, 0.15) is 0 Å². The maximum absolute atomic E-state index is 12.4. The summed E-state index contributed by atoms with van der Waals surface area (Å²) in [7, 11) is 0. The van der Waals surface area contributed by atoms with Crippen LogP contribution in [0.15, 0.2) is 24.3 Å². The molecule has 1 aromatic rings. The van der Waals surface area contributed by atoms with E-state index in [1.807, 2.05) is 0 Å². The Morgan fingerprint density at radius 1 is 1.25 bits per heavy atom. The van der Waals surface area contributed by atoms with Crippen LogP contribution in [0.4, 0.5) is 0 Å². The van der Waals surface area contributed by atoms with Crippen molar-refractivity contribution in [1.82, 2.24) is 5.32 Å². The Bertz CT molecular complexity index is 536. The second-order valence-corrected chi connectivity index (χ2v) is 7.58. The third-order valence-electron chi connectivity index (χ3n) is 6.21. The van der Waals surface area contributed by atoms with Crippen molar-refractivity contribution >= 4 is 17.5 Å². The molecule has 2 aliphatic rings. The molecule has 2 aliphatic carbocycles. The van der Waals surface area contributed by atoms with Crippen molar-refractivity contribution in [3.05, 3.63) is 34.9 Å². The molecule has 0 saturated heterocycles. The highest BCUT2D eigenvalue weighted by Crippen LogP contribution is 2.65. The van der Waals surface area contributed by atoms with Gasteiger partial charge >= 0.3 is 0 Å². The number of nitrogens with one attached hydrogen (secondary N) is 1. The third kappa shape index (κ3) is 1.88. The van der Waals surface area contributed by atoms with Crippen LogP contribution in [0.3, 0.4) is 0 Å². The van der Waals surface area contributed by atoms with E-state index >= 15 is 0 Å². The van der Waals surface area contributed by atoms with E-state index < -0.39 is 0 Å². The highest BCUT2D eigenvalue weighted by Gasteiger charge is 2.61. The van der Waals surface area contributed by atoms with Crippen molar-refractivity contribution in [2.45, 2.75) is 46.1 Å². The van der Waals surface area contributed by atoms with Crippen molar-refractivity contribution in [2.24, 2.45) is 16.7 Å². The number of rotatable bonds is 2. The fourth-order valence-electron chi connectivity index (χ4n) is 4.26. The molecule has 1 N–H and O–H groups in total. The first-order chi connectivity index (χ1) is 9.34. The largest absolute Gasteiger partial charge is 0.349 e. The summed E-state index contributed by atoms with van der Waals surface area (Å²) in [6.07, 6.45) is 3.63. The fourth-order valence-corrected chi connectivity index (χ4v) is 4.39. The zero-order valence-corrected chi connectivity index (χ0v) is 13.1. The number of halogens is 1. The first-order valence-corrected chi connectivity index (χ1v) is 7.79. The van der Waals surface area contributed by atoms with Crippen molar-refractivity contribution < 1.29 is 4.79 Å². The van der Waals surface area contributed by atoms with Crippen molar-refractivity contribution in [2.75, 3.05) is 0 Å². The normalized spacial score (nSPS) is 34.2. The van der Waals surface area contributed by atoms with Gasteiger partial charge < -0.3 is 5.32 Å². The number of fused-ring (bicyclic) bond motifs is 2. The number of hydrogen-bond acceptors (Lipinski definition) is 1. The van der Waals surface area contributed by atoms with Crippen LogP contribution in [0.2, 0.25) is 5.02 Å². The lowest BCUT2D eigenvalue weighted by Gasteiger charge is -2.39. The van der Waals surface area contributed by atoms with E-state index in [2.05, 4.69) is 26.1 Å². The van der Waals surface area contributed by atoms with Gasteiger partial charge in [-0.05, 0) is 60.3 Å². The van der Waals surface area contributed by atoms with Crippen molar-refractivity contribution in [3.63, 3.8) is 0 Å². The second-order valence-electron chi connectivity index (χ2n) is 7.14. The number of hydrogen-bond donors (Lipinski definition) is 1. The Morgan fingerprint density at radius 3 is 2.40 bits per heavy atom. The first-order valence-electron chi connectivity index (χ1n) is 7.41. The molecule has 0 aromatic heterocycles. The molecule has 0 radical (unpaired) electrons. The summed E-state index contributed by atoms with van der Waals surface area (Å²) in [6.45, 7) is 7.06. The van der Waals surface area contributed by atoms with Gasteiger partial charge in [-0.25, -0.2) is 0 Å². The Hall–Kier alpha value is -1.02. The molecule has 2 bridgehead atoms. The molecule has 1 aromatic carbocycles. The van der Waals surface area contributed by atoms with E-state index in [1.165, 1.54) is 12.8 Å². The molecular formula is C17H22ClNO. The van der Waals surface area contributed by atoms with E-state index in [-0.39, 0.29) is 11.3 Å². The molecule has 20 heavy (non-hydrogen) atoms. The zero-order chi connectivity index (χ0) is 14.5. The summed E-state index contributed by atoms with van der Waals surface area (Å²) >= 11 is 5.87. The molecule has 108 valence electrons. The van der Waals surface area contributed by atoms with Crippen LogP contribution in [0.1, 0.15) is 50.4 Å². The minimum atomic E-state index is 0.0243. The fraction of sp³-hybridized carbons (Fsp3) is 0.588. The zero-order valence-electron chi connectivity index (χ0n) is 12.4. The maximum atomic E-state index is 12.4.